The van der Waals surface area contributed by atoms with E-state index in [1.807, 2.05) is 18.2 Å². The van der Waals surface area contributed by atoms with Gasteiger partial charge in [-0.1, -0.05) is 28.8 Å². The van der Waals surface area contributed by atoms with Gasteiger partial charge in [-0.15, -0.1) is 11.6 Å². The SMILES string of the molecule is O=C(NCC1(CCl)CCCC1)c1ccc(Br)cc1Br. The Hall–Kier alpha value is -0.0600. The predicted molar refractivity (Wildman–Crippen MR) is 85.8 cm³/mol. The zero-order valence-electron chi connectivity index (χ0n) is 10.5. The van der Waals surface area contributed by atoms with Gasteiger partial charge in [-0.2, -0.15) is 0 Å². The highest BCUT2D eigenvalue weighted by molar-refractivity contribution is 9.11. The smallest absolute Gasteiger partial charge is 0.252 e. The molecular formula is C14H16Br2ClNO. The van der Waals surface area contributed by atoms with E-state index in [2.05, 4.69) is 37.2 Å². The summed E-state index contributed by atoms with van der Waals surface area (Å²) in [5, 5.41) is 3.02. The molecule has 0 aliphatic heterocycles. The summed E-state index contributed by atoms with van der Waals surface area (Å²) in [6.45, 7) is 0.665. The van der Waals surface area contributed by atoms with Crippen LogP contribution in [0.2, 0.25) is 0 Å². The van der Waals surface area contributed by atoms with E-state index >= 15 is 0 Å². The second-order valence-corrected chi connectivity index (χ2v) is 7.18. The van der Waals surface area contributed by atoms with Crippen molar-refractivity contribution in [1.29, 1.82) is 0 Å². The quantitative estimate of drug-likeness (QED) is 0.715. The molecule has 1 aromatic carbocycles. The molecule has 1 aliphatic carbocycles. The first-order valence-electron chi connectivity index (χ1n) is 6.36. The lowest BCUT2D eigenvalue weighted by Crippen LogP contribution is -2.37. The van der Waals surface area contributed by atoms with Gasteiger partial charge < -0.3 is 5.32 Å². The van der Waals surface area contributed by atoms with Gasteiger partial charge >= 0.3 is 0 Å². The van der Waals surface area contributed by atoms with Crippen LogP contribution in [0.25, 0.3) is 0 Å². The van der Waals surface area contributed by atoms with Crippen LogP contribution in [-0.4, -0.2) is 18.3 Å². The van der Waals surface area contributed by atoms with Gasteiger partial charge in [0.25, 0.3) is 5.91 Å². The number of alkyl halides is 1. The molecule has 0 heterocycles. The average Bonchev–Trinajstić information content (AvgIpc) is 2.85. The second-order valence-electron chi connectivity index (χ2n) is 5.15. The number of amides is 1. The number of hydrogen-bond donors (Lipinski definition) is 1. The molecule has 104 valence electrons. The molecule has 0 bridgehead atoms. The Bertz CT molecular complexity index is 473. The average molecular weight is 410 g/mol. The lowest BCUT2D eigenvalue weighted by molar-refractivity contribution is 0.0934. The van der Waals surface area contributed by atoms with Crippen LogP contribution in [0.1, 0.15) is 36.0 Å². The van der Waals surface area contributed by atoms with Gasteiger partial charge in [0.1, 0.15) is 0 Å². The van der Waals surface area contributed by atoms with Gasteiger partial charge in [-0.25, -0.2) is 0 Å². The van der Waals surface area contributed by atoms with E-state index < -0.39 is 0 Å². The number of halogens is 3. The van der Waals surface area contributed by atoms with Gasteiger partial charge in [0.05, 0.1) is 5.56 Å². The van der Waals surface area contributed by atoms with Gasteiger partial charge in [-0.3, -0.25) is 4.79 Å². The number of benzene rings is 1. The van der Waals surface area contributed by atoms with Crippen LogP contribution in [0.15, 0.2) is 27.1 Å². The summed E-state index contributed by atoms with van der Waals surface area (Å²) in [4.78, 5) is 12.2. The summed E-state index contributed by atoms with van der Waals surface area (Å²) in [6, 6.07) is 5.56. The van der Waals surface area contributed by atoms with Gasteiger partial charge in [0.15, 0.2) is 0 Å². The fourth-order valence-corrected chi connectivity index (χ4v) is 4.11. The number of carbonyl (C=O) groups is 1. The highest BCUT2D eigenvalue weighted by atomic mass is 79.9. The van der Waals surface area contributed by atoms with E-state index in [9.17, 15) is 4.79 Å². The zero-order chi connectivity index (χ0) is 13.9. The first kappa shape index (κ1) is 15.3. The van der Waals surface area contributed by atoms with E-state index in [-0.39, 0.29) is 11.3 Å². The first-order chi connectivity index (χ1) is 9.06. The summed E-state index contributed by atoms with van der Waals surface area (Å²) < 4.78 is 1.75. The minimum absolute atomic E-state index is 0.0456. The van der Waals surface area contributed by atoms with Crippen molar-refractivity contribution in [3.8, 4) is 0 Å². The third-order valence-electron chi connectivity index (χ3n) is 3.75. The Morgan fingerprint density at radius 3 is 2.58 bits per heavy atom. The Balaban J connectivity index is 2.01. The predicted octanol–water partition coefficient (Wildman–Crippen LogP) is 4.74. The topological polar surface area (TPSA) is 29.1 Å². The molecule has 1 fully saturated rings. The van der Waals surface area contributed by atoms with Crippen molar-refractivity contribution in [3.63, 3.8) is 0 Å². The largest absolute Gasteiger partial charge is 0.351 e. The van der Waals surface area contributed by atoms with Gasteiger partial charge in [-0.05, 0) is 47.0 Å². The molecule has 19 heavy (non-hydrogen) atoms. The van der Waals surface area contributed by atoms with Crippen LogP contribution in [0, 0.1) is 5.41 Å². The molecule has 1 aliphatic rings. The Labute approximate surface area is 135 Å². The molecule has 1 amide bonds. The van der Waals surface area contributed by atoms with Gasteiger partial charge in [0.2, 0.25) is 0 Å². The van der Waals surface area contributed by atoms with E-state index in [0.29, 0.717) is 18.0 Å². The minimum Gasteiger partial charge on any atom is -0.351 e. The zero-order valence-corrected chi connectivity index (χ0v) is 14.4. The maximum atomic E-state index is 12.2. The molecule has 0 aromatic heterocycles. The van der Waals surface area contributed by atoms with E-state index in [1.54, 1.807) is 0 Å². The summed E-state index contributed by atoms with van der Waals surface area (Å²) in [7, 11) is 0. The molecule has 1 aromatic rings. The van der Waals surface area contributed by atoms with Crippen LogP contribution in [-0.2, 0) is 0 Å². The van der Waals surface area contributed by atoms with E-state index in [0.717, 1.165) is 21.8 Å². The van der Waals surface area contributed by atoms with Crippen molar-refractivity contribution in [3.05, 3.63) is 32.7 Å². The highest BCUT2D eigenvalue weighted by Gasteiger charge is 2.33. The molecule has 1 N–H and O–H groups in total. The molecule has 1 saturated carbocycles. The van der Waals surface area contributed by atoms with Crippen molar-refractivity contribution in [2.75, 3.05) is 12.4 Å². The molecule has 0 unspecified atom stereocenters. The molecule has 0 radical (unpaired) electrons. The Kier molecular flexibility index (Phi) is 5.32. The Morgan fingerprint density at radius 1 is 1.32 bits per heavy atom. The summed E-state index contributed by atoms with van der Waals surface area (Å²) in [5.41, 5.74) is 0.755. The molecule has 5 heteroatoms. The molecular weight excluding hydrogens is 393 g/mol. The van der Waals surface area contributed by atoms with Crippen molar-refractivity contribution < 1.29 is 4.79 Å². The van der Waals surface area contributed by atoms with Gasteiger partial charge in [0, 0.05) is 26.8 Å². The third kappa shape index (κ3) is 3.73. The molecule has 2 nitrogen and oxygen atoms in total. The number of hydrogen-bond acceptors (Lipinski definition) is 1. The van der Waals surface area contributed by atoms with Crippen LogP contribution in [0.3, 0.4) is 0 Å². The number of carbonyl (C=O) groups excluding carboxylic acids is 1. The second kappa shape index (κ2) is 6.59. The normalized spacial score (nSPS) is 17.4. The molecule has 0 atom stereocenters. The standard InChI is InChI=1S/C14H16Br2ClNO/c15-10-3-4-11(12(16)7-10)13(19)18-9-14(8-17)5-1-2-6-14/h3-4,7H,1-2,5-6,8-9H2,(H,18,19). The number of nitrogens with one attached hydrogen (secondary N) is 1. The van der Waals surface area contributed by atoms with Crippen LogP contribution in [0.5, 0.6) is 0 Å². The number of rotatable bonds is 4. The summed E-state index contributed by atoms with van der Waals surface area (Å²) in [6.07, 6.45) is 4.64. The fraction of sp³-hybridized carbons (Fsp3) is 0.500. The van der Waals surface area contributed by atoms with Crippen molar-refractivity contribution in [1.82, 2.24) is 5.32 Å². The van der Waals surface area contributed by atoms with E-state index in [1.165, 1.54) is 12.8 Å². The monoisotopic (exact) mass is 407 g/mol. The van der Waals surface area contributed by atoms with E-state index in [4.69, 9.17) is 11.6 Å². The fourth-order valence-electron chi connectivity index (χ4n) is 2.52. The minimum atomic E-state index is -0.0456. The van der Waals surface area contributed by atoms with Crippen molar-refractivity contribution in [2.45, 2.75) is 25.7 Å². The van der Waals surface area contributed by atoms with Crippen molar-refractivity contribution >= 4 is 49.4 Å². The third-order valence-corrected chi connectivity index (χ3v) is 5.46. The summed E-state index contributed by atoms with van der Waals surface area (Å²) in [5.74, 6) is 0.574. The van der Waals surface area contributed by atoms with Crippen LogP contribution >= 0.6 is 43.5 Å². The maximum Gasteiger partial charge on any atom is 0.252 e. The lowest BCUT2D eigenvalue weighted by atomic mass is 9.88. The highest BCUT2D eigenvalue weighted by Crippen LogP contribution is 2.38. The van der Waals surface area contributed by atoms with Crippen molar-refractivity contribution in [2.24, 2.45) is 5.41 Å². The maximum absolute atomic E-state index is 12.2. The van der Waals surface area contributed by atoms with Crippen LogP contribution < -0.4 is 5.32 Å². The van der Waals surface area contributed by atoms with Crippen LogP contribution in [0.4, 0.5) is 0 Å². The summed E-state index contributed by atoms with van der Waals surface area (Å²) >= 11 is 12.9. The molecule has 0 spiro atoms. The Morgan fingerprint density at radius 2 is 2.00 bits per heavy atom. The first-order valence-corrected chi connectivity index (χ1v) is 8.48. The lowest BCUT2D eigenvalue weighted by Gasteiger charge is -2.26. The molecule has 0 saturated heterocycles. The molecule has 2 rings (SSSR count).